The summed E-state index contributed by atoms with van der Waals surface area (Å²) in [7, 11) is 0. The van der Waals surface area contributed by atoms with Crippen molar-refractivity contribution in [2.24, 2.45) is 5.73 Å². The molecular weight excluding hydrogens is 382 g/mol. The van der Waals surface area contributed by atoms with Gasteiger partial charge in [0.15, 0.2) is 0 Å². The minimum absolute atomic E-state index is 0.146. The number of benzene rings is 2. The fourth-order valence-electron chi connectivity index (χ4n) is 3.11. The van der Waals surface area contributed by atoms with E-state index >= 15 is 0 Å². The van der Waals surface area contributed by atoms with E-state index in [2.05, 4.69) is 20.2 Å². The van der Waals surface area contributed by atoms with E-state index in [0.717, 1.165) is 0 Å². The predicted octanol–water partition coefficient (Wildman–Crippen LogP) is 2.26. The molecule has 0 bridgehead atoms. The molecule has 0 aliphatic carbocycles. The molecule has 2 aromatic carbocycles. The van der Waals surface area contributed by atoms with Gasteiger partial charge >= 0.3 is 0 Å². The number of rotatable bonds is 8. The Balaban J connectivity index is 1.62. The number of anilines is 1. The first-order valence-corrected chi connectivity index (χ1v) is 9.75. The van der Waals surface area contributed by atoms with Crippen LogP contribution in [0.25, 0.3) is 10.9 Å². The number of nitrogens with two attached hydrogens (primary N) is 1. The molecule has 0 radical (unpaired) electrons. The monoisotopic (exact) mass is 407 g/mol. The molecule has 1 aromatic heterocycles. The Morgan fingerprint density at radius 2 is 1.83 bits per heavy atom. The number of carbonyl (C=O) groups is 2. The first kappa shape index (κ1) is 21.2. The molecule has 0 saturated heterocycles. The molecule has 30 heavy (non-hydrogen) atoms. The van der Waals surface area contributed by atoms with E-state index in [1.165, 1.54) is 0 Å². The fraction of sp³-hybridized carbons (Fsp3) is 0.273. The molecule has 0 saturated carbocycles. The lowest BCUT2D eigenvalue weighted by molar-refractivity contribution is -0.116. The van der Waals surface area contributed by atoms with Crippen LogP contribution in [0.2, 0.25) is 0 Å². The molecule has 0 atom stereocenters. The van der Waals surface area contributed by atoms with Crippen LogP contribution < -0.4 is 16.6 Å². The highest BCUT2D eigenvalue weighted by molar-refractivity contribution is 5.94. The summed E-state index contributed by atoms with van der Waals surface area (Å²) < 4.78 is 0. The van der Waals surface area contributed by atoms with Crippen molar-refractivity contribution in [2.45, 2.75) is 32.9 Å². The van der Waals surface area contributed by atoms with Crippen molar-refractivity contribution in [3.63, 3.8) is 0 Å². The van der Waals surface area contributed by atoms with Gasteiger partial charge in [0.2, 0.25) is 11.8 Å². The second-order valence-corrected chi connectivity index (χ2v) is 7.33. The largest absolute Gasteiger partial charge is 0.366 e. The molecule has 8 nitrogen and oxygen atoms in total. The van der Waals surface area contributed by atoms with Crippen molar-refractivity contribution in [1.29, 1.82) is 0 Å². The van der Waals surface area contributed by atoms with Crippen molar-refractivity contribution in [1.82, 2.24) is 14.9 Å². The number of primary amides is 1. The fourth-order valence-corrected chi connectivity index (χ4v) is 3.11. The van der Waals surface area contributed by atoms with E-state index in [4.69, 9.17) is 5.73 Å². The molecule has 4 N–H and O–H groups in total. The highest BCUT2D eigenvalue weighted by atomic mass is 16.2. The third-order valence-electron chi connectivity index (χ3n) is 4.82. The summed E-state index contributed by atoms with van der Waals surface area (Å²) in [6, 6.07) is 13.8. The van der Waals surface area contributed by atoms with Crippen molar-refractivity contribution in [3.8, 4) is 0 Å². The second kappa shape index (κ2) is 9.32. The Hall–Kier alpha value is -3.52. The van der Waals surface area contributed by atoms with E-state index in [1.54, 1.807) is 36.4 Å². The van der Waals surface area contributed by atoms with Crippen LogP contribution in [0.4, 0.5) is 5.69 Å². The van der Waals surface area contributed by atoms with Crippen molar-refractivity contribution >= 4 is 28.4 Å². The average Bonchev–Trinajstić information content (AvgIpc) is 2.71. The smallest absolute Gasteiger partial charge is 0.258 e. The van der Waals surface area contributed by atoms with Crippen LogP contribution >= 0.6 is 0 Å². The summed E-state index contributed by atoms with van der Waals surface area (Å²) in [5.41, 5.74) is 6.68. The van der Waals surface area contributed by atoms with Crippen LogP contribution in [0.1, 0.15) is 36.5 Å². The van der Waals surface area contributed by atoms with E-state index in [1.807, 2.05) is 26.0 Å². The minimum Gasteiger partial charge on any atom is -0.366 e. The number of fused-ring (bicyclic) bond motifs is 1. The molecule has 156 valence electrons. The number of nitrogens with one attached hydrogen (secondary N) is 2. The van der Waals surface area contributed by atoms with Gasteiger partial charge in [0.05, 0.1) is 17.4 Å². The van der Waals surface area contributed by atoms with Crippen LogP contribution in [0.15, 0.2) is 53.3 Å². The Morgan fingerprint density at radius 3 is 2.50 bits per heavy atom. The highest BCUT2D eigenvalue weighted by Gasteiger charge is 2.15. The summed E-state index contributed by atoms with van der Waals surface area (Å²) in [5, 5.41) is 3.36. The topological polar surface area (TPSA) is 121 Å². The number of para-hydroxylation sites is 1. The molecule has 1 heterocycles. The third-order valence-corrected chi connectivity index (χ3v) is 4.82. The number of amides is 2. The average molecular weight is 407 g/mol. The van der Waals surface area contributed by atoms with Crippen LogP contribution in [0.3, 0.4) is 0 Å². The van der Waals surface area contributed by atoms with Crippen LogP contribution in [-0.4, -0.2) is 39.3 Å². The third kappa shape index (κ3) is 5.30. The quantitative estimate of drug-likeness (QED) is 0.529. The standard InChI is InChI=1S/C22H25N5O3/c1-14(2)27(13-19-25-18-6-4-3-5-17(18)22(30)26-19)12-11-20(28)24-16-9-7-15(8-10-16)21(23)29/h3-10,14H,11-13H2,1-2H3,(H2,23,29)(H,24,28)(H,25,26,30). The summed E-state index contributed by atoms with van der Waals surface area (Å²) >= 11 is 0. The molecule has 0 aliphatic rings. The van der Waals surface area contributed by atoms with Crippen molar-refractivity contribution in [3.05, 3.63) is 70.3 Å². The van der Waals surface area contributed by atoms with Gasteiger partial charge in [-0.2, -0.15) is 0 Å². The van der Waals surface area contributed by atoms with Gasteiger partial charge in [-0.3, -0.25) is 19.3 Å². The number of hydrogen-bond donors (Lipinski definition) is 3. The van der Waals surface area contributed by atoms with E-state index < -0.39 is 5.91 Å². The highest BCUT2D eigenvalue weighted by Crippen LogP contribution is 2.12. The Morgan fingerprint density at radius 1 is 1.13 bits per heavy atom. The summed E-state index contributed by atoms with van der Waals surface area (Å²) in [5.74, 6) is -0.0944. The van der Waals surface area contributed by atoms with Gasteiger partial charge in [-0.1, -0.05) is 12.1 Å². The molecule has 0 fully saturated rings. The molecule has 0 unspecified atom stereocenters. The van der Waals surface area contributed by atoms with E-state index in [0.29, 0.717) is 41.1 Å². The SMILES string of the molecule is CC(C)N(CCC(=O)Nc1ccc(C(N)=O)cc1)Cc1nc2ccccc2c(=O)[nH]1. The molecule has 0 aliphatic heterocycles. The van der Waals surface area contributed by atoms with Gasteiger partial charge in [-0.15, -0.1) is 0 Å². The van der Waals surface area contributed by atoms with Crippen LogP contribution in [0.5, 0.6) is 0 Å². The zero-order chi connectivity index (χ0) is 21.7. The summed E-state index contributed by atoms with van der Waals surface area (Å²) in [6.07, 6.45) is 0.271. The van der Waals surface area contributed by atoms with Gasteiger partial charge in [-0.05, 0) is 50.2 Å². The Labute approximate surface area is 174 Å². The Kier molecular flexibility index (Phi) is 6.58. The second-order valence-electron chi connectivity index (χ2n) is 7.33. The van der Waals surface area contributed by atoms with Crippen LogP contribution in [-0.2, 0) is 11.3 Å². The number of H-pyrrole nitrogens is 1. The van der Waals surface area contributed by atoms with Gasteiger partial charge in [-0.25, -0.2) is 4.98 Å². The number of nitrogens with zero attached hydrogens (tertiary/aromatic N) is 2. The van der Waals surface area contributed by atoms with Gasteiger partial charge in [0, 0.05) is 30.3 Å². The molecule has 0 spiro atoms. The van der Waals surface area contributed by atoms with Gasteiger partial charge in [0.25, 0.3) is 5.56 Å². The number of hydrogen-bond acceptors (Lipinski definition) is 5. The molecule has 2 amide bonds. The lowest BCUT2D eigenvalue weighted by Crippen LogP contribution is -2.34. The lowest BCUT2D eigenvalue weighted by atomic mass is 10.2. The maximum absolute atomic E-state index is 12.3. The van der Waals surface area contributed by atoms with Crippen LogP contribution in [0, 0.1) is 0 Å². The normalized spacial score (nSPS) is 11.2. The molecule has 3 aromatic rings. The van der Waals surface area contributed by atoms with Crippen molar-refractivity contribution < 1.29 is 9.59 Å². The summed E-state index contributed by atoms with van der Waals surface area (Å²) in [6.45, 7) is 4.98. The molecule has 8 heteroatoms. The zero-order valence-electron chi connectivity index (χ0n) is 17.0. The van der Waals surface area contributed by atoms with E-state index in [-0.39, 0.29) is 23.9 Å². The lowest BCUT2D eigenvalue weighted by Gasteiger charge is -2.25. The predicted molar refractivity (Wildman–Crippen MR) is 116 cm³/mol. The van der Waals surface area contributed by atoms with Crippen molar-refractivity contribution in [2.75, 3.05) is 11.9 Å². The van der Waals surface area contributed by atoms with Gasteiger partial charge in [0.1, 0.15) is 5.82 Å². The maximum Gasteiger partial charge on any atom is 0.258 e. The van der Waals surface area contributed by atoms with E-state index in [9.17, 15) is 14.4 Å². The summed E-state index contributed by atoms with van der Waals surface area (Å²) in [4.78, 5) is 45.2. The Bertz CT molecular complexity index is 1110. The van der Waals surface area contributed by atoms with Gasteiger partial charge < -0.3 is 16.0 Å². The number of carbonyl (C=O) groups excluding carboxylic acids is 2. The molecular formula is C22H25N5O3. The minimum atomic E-state index is -0.513. The number of aromatic nitrogens is 2. The number of aromatic amines is 1. The zero-order valence-corrected chi connectivity index (χ0v) is 17.0. The molecule has 3 rings (SSSR count). The first-order valence-electron chi connectivity index (χ1n) is 9.75. The first-order chi connectivity index (χ1) is 14.3. The maximum atomic E-state index is 12.3.